The van der Waals surface area contributed by atoms with Crippen LogP contribution in [0.2, 0.25) is 0 Å². The number of benzene rings is 1. The number of hydrogen-bond acceptors (Lipinski definition) is 4. The van der Waals surface area contributed by atoms with Gasteiger partial charge >= 0.3 is 6.09 Å². The average Bonchev–Trinajstić information content (AvgIpc) is 2.98. The van der Waals surface area contributed by atoms with E-state index in [4.69, 9.17) is 4.74 Å². The zero-order valence-electron chi connectivity index (χ0n) is 15.8. The largest absolute Gasteiger partial charge is 0.443 e. The Kier molecular flexibility index (Phi) is 5.17. The summed E-state index contributed by atoms with van der Waals surface area (Å²) in [6, 6.07) is 11.2. The fourth-order valence-electron chi connectivity index (χ4n) is 3.41. The third-order valence-corrected chi connectivity index (χ3v) is 4.50. The lowest BCUT2D eigenvalue weighted by atomic mass is 9.95. The number of fused-ring (bicyclic) bond motifs is 1. The molecule has 2 aromatic rings. The van der Waals surface area contributed by atoms with Crippen LogP contribution in [0.1, 0.15) is 49.2 Å². The smallest absolute Gasteiger partial charge is 0.418 e. The number of carbonyl (C=O) groups excluding carboxylic acids is 1. The van der Waals surface area contributed by atoms with Crippen LogP contribution in [0.5, 0.6) is 0 Å². The van der Waals surface area contributed by atoms with Gasteiger partial charge in [-0.2, -0.15) is 0 Å². The van der Waals surface area contributed by atoms with Crippen LogP contribution in [-0.2, 0) is 17.6 Å². The van der Waals surface area contributed by atoms with Gasteiger partial charge in [-0.25, -0.2) is 4.79 Å². The molecule has 0 radical (unpaired) electrons. The maximum Gasteiger partial charge on any atom is 0.418 e. The van der Waals surface area contributed by atoms with E-state index in [2.05, 4.69) is 6.08 Å². The molecule has 27 heavy (non-hydrogen) atoms. The molecule has 142 valence electrons. The third kappa shape index (κ3) is 4.27. The van der Waals surface area contributed by atoms with Crippen LogP contribution in [0.3, 0.4) is 0 Å². The number of allylic oxidation sites excluding steroid dienone is 2. The van der Waals surface area contributed by atoms with Crippen molar-refractivity contribution in [1.82, 2.24) is 4.57 Å². The number of ether oxygens (including phenoxy) is 1. The van der Waals surface area contributed by atoms with Gasteiger partial charge in [0.15, 0.2) is 0 Å². The summed E-state index contributed by atoms with van der Waals surface area (Å²) in [6.07, 6.45) is 4.89. The van der Waals surface area contributed by atoms with Crippen LogP contribution in [0.25, 0.3) is 0 Å². The Labute approximate surface area is 158 Å². The van der Waals surface area contributed by atoms with Crippen LogP contribution in [0.15, 0.2) is 48.6 Å². The third-order valence-electron chi connectivity index (χ3n) is 4.50. The highest BCUT2D eigenvalue weighted by Gasteiger charge is 2.31. The summed E-state index contributed by atoms with van der Waals surface area (Å²) >= 11 is 0. The quantitative estimate of drug-likeness (QED) is 0.457. The minimum absolute atomic E-state index is 0.289. The normalized spacial score (nSPS) is 14.5. The molecule has 6 heteroatoms. The molecule has 0 saturated heterocycles. The molecule has 1 atom stereocenters. The Balaban J connectivity index is 2.13. The highest BCUT2D eigenvalue weighted by Crippen LogP contribution is 2.32. The maximum atomic E-state index is 13.0. The van der Waals surface area contributed by atoms with Crippen molar-refractivity contribution < 1.29 is 14.5 Å². The molecule has 0 aliphatic heterocycles. The van der Waals surface area contributed by atoms with Gasteiger partial charge in [0.2, 0.25) is 6.54 Å². The van der Waals surface area contributed by atoms with Gasteiger partial charge in [0.05, 0.1) is 5.92 Å². The van der Waals surface area contributed by atoms with Gasteiger partial charge in [0.1, 0.15) is 5.60 Å². The molecular formula is C21H24N2O4. The number of carbonyl (C=O) groups is 1. The molecule has 1 aromatic heterocycles. The molecular weight excluding hydrogens is 344 g/mol. The van der Waals surface area contributed by atoms with Gasteiger partial charge < -0.3 is 4.74 Å². The van der Waals surface area contributed by atoms with Crippen molar-refractivity contribution in [3.05, 3.63) is 81.2 Å². The lowest BCUT2D eigenvalue weighted by molar-refractivity contribution is -0.482. The molecule has 0 fully saturated rings. The minimum atomic E-state index is -0.651. The van der Waals surface area contributed by atoms with Crippen molar-refractivity contribution >= 4 is 6.09 Å². The van der Waals surface area contributed by atoms with E-state index in [1.165, 1.54) is 0 Å². The van der Waals surface area contributed by atoms with Gasteiger partial charge in [-0.05, 0) is 44.4 Å². The molecule has 6 nitrogen and oxygen atoms in total. The molecule has 1 unspecified atom stereocenters. The number of hydrogen-bond donors (Lipinski definition) is 0. The Morgan fingerprint density at radius 2 is 1.89 bits per heavy atom. The first-order valence-electron chi connectivity index (χ1n) is 9.05. The minimum Gasteiger partial charge on any atom is -0.443 e. The highest BCUT2D eigenvalue weighted by atomic mass is 16.6. The first-order chi connectivity index (χ1) is 12.8. The van der Waals surface area contributed by atoms with E-state index < -0.39 is 17.6 Å². The molecule has 0 amide bonds. The first-order valence-corrected chi connectivity index (χ1v) is 9.05. The summed E-state index contributed by atoms with van der Waals surface area (Å²) in [7, 11) is 0. The monoisotopic (exact) mass is 368 g/mol. The van der Waals surface area contributed by atoms with E-state index in [1.807, 2.05) is 63.2 Å². The Morgan fingerprint density at radius 1 is 1.22 bits per heavy atom. The number of nitro groups is 1. The second kappa shape index (κ2) is 7.39. The summed E-state index contributed by atoms with van der Waals surface area (Å²) < 4.78 is 7.16. The van der Waals surface area contributed by atoms with Crippen LogP contribution >= 0.6 is 0 Å². The van der Waals surface area contributed by atoms with Crippen LogP contribution in [-0.4, -0.2) is 27.7 Å². The maximum absolute atomic E-state index is 13.0. The van der Waals surface area contributed by atoms with Crippen molar-refractivity contribution in [3.8, 4) is 0 Å². The summed E-state index contributed by atoms with van der Waals surface area (Å²) in [6.45, 7) is 5.15. The van der Waals surface area contributed by atoms with Gasteiger partial charge in [0.25, 0.3) is 0 Å². The summed E-state index contributed by atoms with van der Waals surface area (Å²) in [4.78, 5) is 24.0. The van der Waals surface area contributed by atoms with Crippen molar-refractivity contribution in [2.24, 2.45) is 0 Å². The molecule has 1 heterocycles. The topological polar surface area (TPSA) is 74.4 Å². The number of aromatic nitrogens is 1. The molecule has 1 aliphatic carbocycles. The molecule has 0 spiro atoms. The van der Waals surface area contributed by atoms with E-state index in [0.29, 0.717) is 18.5 Å². The number of nitrogens with zero attached hydrogens (tertiary/aromatic N) is 2. The molecule has 0 saturated carbocycles. The van der Waals surface area contributed by atoms with Crippen molar-refractivity contribution in [3.63, 3.8) is 0 Å². The fraction of sp³-hybridized carbons (Fsp3) is 0.381. The average molecular weight is 368 g/mol. The van der Waals surface area contributed by atoms with E-state index in [-0.39, 0.29) is 11.5 Å². The molecule has 1 aromatic carbocycles. The number of rotatable bonds is 4. The SMILES string of the molecule is CC(C)(C)OC(=O)n1c(C(C[N+](=O)[O-])c2ccccc2)cc2c1CC=CC2. The summed E-state index contributed by atoms with van der Waals surface area (Å²) in [5.41, 5.74) is 2.64. The van der Waals surface area contributed by atoms with E-state index in [0.717, 1.165) is 16.8 Å². The van der Waals surface area contributed by atoms with Crippen molar-refractivity contribution in [1.29, 1.82) is 0 Å². The standard InChI is InChI=1S/C21H24N2O4/c1-21(2,3)27-20(24)23-18-12-8-7-11-16(18)13-19(23)17(14-22(25)26)15-9-5-4-6-10-15/h4-10,13,17H,11-12,14H2,1-3H3. The Bertz CT molecular complexity index is 876. The predicted octanol–water partition coefficient (Wildman–Crippen LogP) is 4.33. The van der Waals surface area contributed by atoms with Gasteiger partial charge in [-0.1, -0.05) is 42.5 Å². The van der Waals surface area contributed by atoms with E-state index >= 15 is 0 Å². The summed E-state index contributed by atoms with van der Waals surface area (Å²) in [5.74, 6) is -0.528. The zero-order chi connectivity index (χ0) is 19.6. The van der Waals surface area contributed by atoms with Crippen LogP contribution in [0.4, 0.5) is 4.79 Å². The molecule has 0 bridgehead atoms. The molecule has 1 aliphatic rings. The lowest BCUT2D eigenvalue weighted by Crippen LogP contribution is -2.30. The second-order valence-electron chi connectivity index (χ2n) is 7.72. The lowest BCUT2D eigenvalue weighted by Gasteiger charge is -2.23. The Hall–Kier alpha value is -2.89. The first kappa shape index (κ1) is 18.9. The van der Waals surface area contributed by atoms with Gasteiger partial charge in [-0.3, -0.25) is 14.7 Å². The Morgan fingerprint density at radius 3 is 2.52 bits per heavy atom. The zero-order valence-corrected chi connectivity index (χ0v) is 15.8. The van der Waals surface area contributed by atoms with Crippen LogP contribution in [0, 0.1) is 10.1 Å². The van der Waals surface area contributed by atoms with Crippen LogP contribution < -0.4 is 0 Å². The fourth-order valence-corrected chi connectivity index (χ4v) is 3.41. The second-order valence-corrected chi connectivity index (χ2v) is 7.72. The van der Waals surface area contributed by atoms with Gasteiger partial charge in [0, 0.05) is 22.7 Å². The highest BCUT2D eigenvalue weighted by molar-refractivity contribution is 5.75. The summed E-state index contributed by atoms with van der Waals surface area (Å²) in [5, 5.41) is 11.4. The van der Waals surface area contributed by atoms with Gasteiger partial charge in [-0.15, -0.1) is 0 Å². The molecule has 0 N–H and O–H groups in total. The predicted molar refractivity (Wildman–Crippen MR) is 103 cm³/mol. The van der Waals surface area contributed by atoms with Crippen molar-refractivity contribution in [2.45, 2.75) is 45.1 Å². The molecule has 3 rings (SSSR count). The van der Waals surface area contributed by atoms with E-state index in [1.54, 1.807) is 4.57 Å². The van der Waals surface area contributed by atoms with E-state index in [9.17, 15) is 14.9 Å². The van der Waals surface area contributed by atoms with Crippen molar-refractivity contribution in [2.75, 3.05) is 6.54 Å².